The van der Waals surface area contributed by atoms with Crippen LogP contribution in [0.3, 0.4) is 0 Å². The predicted octanol–water partition coefficient (Wildman–Crippen LogP) is 0.949. The lowest BCUT2D eigenvalue weighted by atomic mass is 9.96. The first-order valence-corrected chi connectivity index (χ1v) is 8.85. The maximum absolute atomic E-state index is 12.8. The Morgan fingerprint density at radius 1 is 1.23 bits per heavy atom. The number of hydrogen-bond acceptors (Lipinski definition) is 6. The van der Waals surface area contributed by atoms with E-state index in [4.69, 9.17) is 9.47 Å². The number of carbonyl (C=O) groups excluding carboxylic acids is 2. The van der Waals surface area contributed by atoms with E-state index in [0.29, 0.717) is 11.5 Å². The second-order valence-corrected chi connectivity index (χ2v) is 8.36. The van der Waals surface area contributed by atoms with E-state index in [1.54, 1.807) is 32.0 Å². The SMILES string of the molecule is COc1cccc(OC)c1C(=O)N[C@@H]1C(=O)N2[C@H]1SC(C)(C)[C@H]2C(=O)O. The number of carbonyl (C=O) groups is 3. The van der Waals surface area contributed by atoms with Gasteiger partial charge in [-0.1, -0.05) is 6.07 Å². The molecule has 9 heteroatoms. The minimum absolute atomic E-state index is 0.195. The van der Waals surface area contributed by atoms with E-state index >= 15 is 0 Å². The third-order valence-electron chi connectivity index (χ3n) is 4.62. The number of nitrogens with one attached hydrogen (secondary N) is 1. The van der Waals surface area contributed by atoms with Gasteiger partial charge in [0.2, 0.25) is 5.91 Å². The Hall–Kier alpha value is -2.42. The van der Waals surface area contributed by atoms with Gasteiger partial charge in [-0.3, -0.25) is 9.59 Å². The average Bonchev–Trinajstić information content (AvgIpc) is 2.86. The molecule has 2 fully saturated rings. The molecule has 3 rings (SSSR count). The van der Waals surface area contributed by atoms with Crippen LogP contribution in [0.1, 0.15) is 24.2 Å². The van der Waals surface area contributed by atoms with E-state index in [2.05, 4.69) is 5.32 Å². The minimum atomic E-state index is -1.05. The molecule has 1 aromatic carbocycles. The van der Waals surface area contributed by atoms with Gasteiger partial charge in [0, 0.05) is 4.75 Å². The Kier molecular flexibility index (Phi) is 4.51. The third-order valence-corrected chi connectivity index (χ3v) is 6.19. The summed E-state index contributed by atoms with van der Waals surface area (Å²) >= 11 is 1.37. The second-order valence-electron chi connectivity index (χ2n) is 6.59. The molecule has 2 saturated heterocycles. The van der Waals surface area contributed by atoms with Crippen LogP contribution >= 0.6 is 11.8 Å². The molecule has 2 amide bonds. The van der Waals surface area contributed by atoms with Crippen molar-refractivity contribution in [1.82, 2.24) is 10.2 Å². The molecule has 0 spiro atoms. The zero-order chi connectivity index (χ0) is 19.2. The van der Waals surface area contributed by atoms with Crippen LogP contribution in [0.5, 0.6) is 11.5 Å². The highest BCUT2D eigenvalue weighted by Gasteiger charge is 2.64. The Morgan fingerprint density at radius 2 is 1.81 bits per heavy atom. The van der Waals surface area contributed by atoms with Crippen molar-refractivity contribution in [3.63, 3.8) is 0 Å². The minimum Gasteiger partial charge on any atom is -0.496 e. The predicted molar refractivity (Wildman–Crippen MR) is 94.5 cm³/mol. The molecule has 0 saturated carbocycles. The lowest BCUT2D eigenvalue weighted by Gasteiger charge is -2.43. The highest BCUT2D eigenvalue weighted by molar-refractivity contribution is 8.01. The molecule has 26 heavy (non-hydrogen) atoms. The Morgan fingerprint density at radius 3 is 2.31 bits per heavy atom. The number of carboxylic acid groups (broad SMARTS) is 1. The van der Waals surface area contributed by atoms with Crippen molar-refractivity contribution in [2.75, 3.05) is 14.2 Å². The van der Waals surface area contributed by atoms with Crippen molar-refractivity contribution in [1.29, 1.82) is 0 Å². The summed E-state index contributed by atoms with van der Waals surface area (Å²) in [6.07, 6.45) is 0. The van der Waals surface area contributed by atoms with E-state index in [1.165, 1.54) is 30.9 Å². The van der Waals surface area contributed by atoms with Gasteiger partial charge in [-0.25, -0.2) is 4.79 Å². The highest BCUT2D eigenvalue weighted by Crippen LogP contribution is 2.50. The van der Waals surface area contributed by atoms with Gasteiger partial charge in [-0.15, -0.1) is 11.8 Å². The van der Waals surface area contributed by atoms with Crippen molar-refractivity contribution < 1.29 is 29.0 Å². The molecule has 3 atom stereocenters. The number of aliphatic carboxylic acids is 1. The summed E-state index contributed by atoms with van der Waals surface area (Å²) in [6.45, 7) is 3.56. The van der Waals surface area contributed by atoms with Crippen molar-refractivity contribution in [3.8, 4) is 11.5 Å². The number of rotatable bonds is 5. The Bertz CT molecular complexity index is 758. The van der Waals surface area contributed by atoms with Gasteiger partial charge >= 0.3 is 5.97 Å². The van der Waals surface area contributed by atoms with Gasteiger partial charge in [0.05, 0.1) is 14.2 Å². The summed E-state index contributed by atoms with van der Waals surface area (Å²) in [5.74, 6) is -1.30. The fraction of sp³-hybridized carbons (Fsp3) is 0.471. The zero-order valence-corrected chi connectivity index (χ0v) is 15.6. The van der Waals surface area contributed by atoms with Crippen LogP contribution in [-0.2, 0) is 9.59 Å². The molecular weight excluding hydrogens is 360 g/mol. The van der Waals surface area contributed by atoms with Gasteiger partial charge in [-0.2, -0.15) is 0 Å². The Balaban J connectivity index is 1.83. The number of benzene rings is 1. The lowest BCUT2D eigenvalue weighted by Crippen LogP contribution is -2.70. The topological polar surface area (TPSA) is 105 Å². The molecule has 0 unspecified atom stereocenters. The molecule has 0 bridgehead atoms. The van der Waals surface area contributed by atoms with Crippen LogP contribution in [0.2, 0.25) is 0 Å². The molecule has 1 aromatic rings. The van der Waals surface area contributed by atoms with Crippen LogP contribution in [0.25, 0.3) is 0 Å². The second kappa shape index (κ2) is 6.39. The number of β-lactam (4-membered cyclic amide) rings is 1. The zero-order valence-electron chi connectivity index (χ0n) is 14.8. The largest absolute Gasteiger partial charge is 0.496 e. The van der Waals surface area contributed by atoms with E-state index in [9.17, 15) is 19.5 Å². The maximum atomic E-state index is 12.8. The van der Waals surface area contributed by atoms with Gasteiger partial charge in [-0.05, 0) is 26.0 Å². The van der Waals surface area contributed by atoms with E-state index < -0.39 is 40.0 Å². The van der Waals surface area contributed by atoms with Crippen LogP contribution in [0, 0.1) is 0 Å². The number of thioether (sulfide) groups is 1. The van der Waals surface area contributed by atoms with E-state index in [0.717, 1.165) is 0 Å². The maximum Gasteiger partial charge on any atom is 0.327 e. The summed E-state index contributed by atoms with van der Waals surface area (Å²) in [5, 5.41) is 11.7. The molecule has 2 aliphatic heterocycles. The van der Waals surface area contributed by atoms with Crippen LogP contribution in [0.15, 0.2) is 18.2 Å². The highest BCUT2D eigenvalue weighted by atomic mass is 32.2. The molecule has 0 aliphatic carbocycles. The summed E-state index contributed by atoms with van der Waals surface area (Å²) < 4.78 is 9.79. The number of hydrogen-bond donors (Lipinski definition) is 2. The quantitative estimate of drug-likeness (QED) is 0.733. The van der Waals surface area contributed by atoms with Crippen LogP contribution in [-0.4, -0.2) is 64.2 Å². The first-order valence-electron chi connectivity index (χ1n) is 7.97. The summed E-state index contributed by atoms with van der Waals surface area (Å²) in [7, 11) is 2.88. The van der Waals surface area contributed by atoms with Crippen LogP contribution < -0.4 is 14.8 Å². The summed E-state index contributed by atoms with van der Waals surface area (Å²) in [4.78, 5) is 38.1. The normalized spacial score (nSPS) is 25.9. The van der Waals surface area contributed by atoms with Crippen molar-refractivity contribution in [2.45, 2.75) is 36.1 Å². The van der Waals surface area contributed by atoms with Gasteiger partial charge in [0.15, 0.2) is 0 Å². The number of fused-ring (bicyclic) bond motifs is 1. The standard InChI is InChI=1S/C17H20N2O6S/c1-17(2)12(16(22)23)19-14(21)11(15(19)26-17)18-13(20)10-8(24-3)6-5-7-9(10)25-4/h5-7,11-12,15H,1-4H3,(H,18,20)(H,22,23)/t11-,12-,15+/m1/s1. The van der Waals surface area contributed by atoms with E-state index in [1.807, 2.05) is 0 Å². The van der Waals surface area contributed by atoms with Crippen molar-refractivity contribution >= 4 is 29.5 Å². The van der Waals surface area contributed by atoms with Crippen molar-refractivity contribution in [2.24, 2.45) is 0 Å². The third kappa shape index (κ3) is 2.66. The molecule has 140 valence electrons. The fourth-order valence-corrected chi connectivity index (χ4v) is 5.06. The smallest absolute Gasteiger partial charge is 0.327 e. The molecule has 8 nitrogen and oxygen atoms in total. The van der Waals surface area contributed by atoms with Gasteiger partial charge in [0.1, 0.15) is 34.5 Å². The molecule has 0 aromatic heterocycles. The number of carboxylic acids is 1. The molecule has 0 radical (unpaired) electrons. The Labute approximate surface area is 154 Å². The van der Waals surface area contributed by atoms with E-state index in [-0.39, 0.29) is 5.56 Å². The number of amides is 2. The monoisotopic (exact) mass is 380 g/mol. The van der Waals surface area contributed by atoms with Crippen LogP contribution in [0.4, 0.5) is 0 Å². The number of methoxy groups -OCH3 is 2. The lowest BCUT2D eigenvalue weighted by molar-refractivity contribution is -0.159. The number of nitrogens with zero attached hydrogens (tertiary/aromatic N) is 1. The first kappa shape index (κ1) is 18.4. The molecule has 2 aliphatic rings. The molecule has 2 N–H and O–H groups in total. The van der Waals surface area contributed by atoms with Crippen molar-refractivity contribution in [3.05, 3.63) is 23.8 Å². The average molecular weight is 380 g/mol. The first-order chi connectivity index (χ1) is 12.2. The summed E-state index contributed by atoms with van der Waals surface area (Å²) in [6, 6.07) is 3.24. The summed E-state index contributed by atoms with van der Waals surface area (Å²) in [5.41, 5.74) is 0.195. The molecular formula is C17H20N2O6S. The van der Waals surface area contributed by atoms with Gasteiger partial charge in [0.25, 0.3) is 5.91 Å². The number of ether oxygens (including phenoxy) is 2. The molecule has 2 heterocycles. The van der Waals surface area contributed by atoms with Gasteiger partial charge < -0.3 is 24.8 Å². The fourth-order valence-electron chi connectivity index (χ4n) is 3.43.